The second-order valence-corrected chi connectivity index (χ2v) is 4.20. The van der Waals surface area contributed by atoms with E-state index < -0.39 is 0 Å². The number of nitrogens with two attached hydrogens (primary N) is 1. The summed E-state index contributed by atoms with van der Waals surface area (Å²) in [6.45, 7) is 4.09. The second-order valence-electron chi connectivity index (χ2n) is 4.20. The number of pyridine rings is 1. The molecule has 0 amide bonds. The molecule has 0 spiro atoms. The topological polar surface area (TPSA) is 50.9 Å². The SMILES string of the molecule is Cc1cccc(NC(C)c2ccc(N)cc2)n1. The molecule has 0 radical (unpaired) electrons. The first-order valence-corrected chi connectivity index (χ1v) is 5.71. The average Bonchev–Trinajstić information content (AvgIpc) is 2.29. The summed E-state index contributed by atoms with van der Waals surface area (Å²) in [6.07, 6.45) is 0. The molecule has 88 valence electrons. The largest absolute Gasteiger partial charge is 0.399 e. The molecule has 17 heavy (non-hydrogen) atoms. The van der Waals surface area contributed by atoms with Crippen LogP contribution in [0.2, 0.25) is 0 Å². The lowest BCUT2D eigenvalue weighted by Crippen LogP contribution is -2.08. The van der Waals surface area contributed by atoms with Crippen LogP contribution >= 0.6 is 0 Å². The van der Waals surface area contributed by atoms with E-state index in [1.165, 1.54) is 5.56 Å². The van der Waals surface area contributed by atoms with Gasteiger partial charge in [0.05, 0.1) is 0 Å². The number of aryl methyl sites for hydroxylation is 1. The van der Waals surface area contributed by atoms with Gasteiger partial charge in [0.25, 0.3) is 0 Å². The van der Waals surface area contributed by atoms with Gasteiger partial charge in [-0.15, -0.1) is 0 Å². The van der Waals surface area contributed by atoms with Crippen molar-refractivity contribution < 1.29 is 0 Å². The van der Waals surface area contributed by atoms with Gasteiger partial charge >= 0.3 is 0 Å². The Morgan fingerprint density at radius 2 is 1.82 bits per heavy atom. The Hall–Kier alpha value is -2.03. The van der Waals surface area contributed by atoms with Gasteiger partial charge in [-0.2, -0.15) is 0 Å². The molecule has 0 saturated carbocycles. The van der Waals surface area contributed by atoms with Crippen LogP contribution in [0.3, 0.4) is 0 Å². The predicted octanol–water partition coefficient (Wildman–Crippen LogP) is 3.15. The van der Waals surface area contributed by atoms with Crippen molar-refractivity contribution in [3.05, 3.63) is 53.7 Å². The van der Waals surface area contributed by atoms with Crippen LogP contribution < -0.4 is 11.1 Å². The van der Waals surface area contributed by atoms with Crippen LogP contribution in [-0.2, 0) is 0 Å². The molecule has 1 unspecified atom stereocenters. The zero-order valence-electron chi connectivity index (χ0n) is 10.1. The molecule has 1 aromatic heterocycles. The molecule has 2 aromatic rings. The average molecular weight is 227 g/mol. The van der Waals surface area contributed by atoms with E-state index >= 15 is 0 Å². The summed E-state index contributed by atoms with van der Waals surface area (Å²) < 4.78 is 0. The first-order chi connectivity index (χ1) is 8.15. The number of nitrogens with one attached hydrogen (secondary N) is 1. The van der Waals surface area contributed by atoms with E-state index in [-0.39, 0.29) is 6.04 Å². The summed E-state index contributed by atoms with van der Waals surface area (Å²) in [5.74, 6) is 0.898. The zero-order valence-corrected chi connectivity index (χ0v) is 10.1. The fraction of sp³-hybridized carbons (Fsp3) is 0.214. The fourth-order valence-corrected chi connectivity index (χ4v) is 1.71. The Bertz CT molecular complexity index is 491. The minimum atomic E-state index is 0.213. The van der Waals surface area contributed by atoms with Crippen molar-refractivity contribution >= 4 is 11.5 Å². The van der Waals surface area contributed by atoms with Crippen LogP contribution in [0, 0.1) is 6.92 Å². The fourth-order valence-electron chi connectivity index (χ4n) is 1.71. The molecule has 1 aromatic carbocycles. The summed E-state index contributed by atoms with van der Waals surface area (Å²) in [6, 6.07) is 14.1. The number of anilines is 2. The lowest BCUT2D eigenvalue weighted by molar-refractivity contribution is 0.873. The molecule has 3 N–H and O–H groups in total. The lowest BCUT2D eigenvalue weighted by atomic mass is 10.1. The second kappa shape index (κ2) is 4.87. The molecule has 0 bridgehead atoms. The Morgan fingerprint density at radius 1 is 1.12 bits per heavy atom. The maximum Gasteiger partial charge on any atom is 0.126 e. The number of benzene rings is 1. The minimum absolute atomic E-state index is 0.213. The molecule has 3 nitrogen and oxygen atoms in total. The van der Waals surface area contributed by atoms with E-state index in [1.807, 2.05) is 49.4 Å². The van der Waals surface area contributed by atoms with E-state index in [9.17, 15) is 0 Å². The standard InChI is InChI=1S/C14H17N3/c1-10-4-3-5-14(16-10)17-11(2)12-6-8-13(15)9-7-12/h3-9,11H,15H2,1-2H3,(H,16,17). The van der Waals surface area contributed by atoms with Crippen LogP contribution in [0.25, 0.3) is 0 Å². The van der Waals surface area contributed by atoms with Crippen molar-refractivity contribution in [2.75, 3.05) is 11.1 Å². The van der Waals surface area contributed by atoms with E-state index in [4.69, 9.17) is 5.73 Å². The molecule has 0 aliphatic carbocycles. The van der Waals surface area contributed by atoms with Crippen LogP contribution in [0.4, 0.5) is 11.5 Å². The van der Waals surface area contributed by atoms with Crippen molar-refractivity contribution in [1.29, 1.82) is 0 Å². The van der Waals surface area contributed by atoms with Gasteiger partial charge in [0.15, 0.2) is 0 Å². The molecule has 0 aliphatic heterocycles. The van der Waals surface area contributed by atoms with Gasteiger partial charge in [0.1, 0.15) is 5.82 Å². The Balaban J connectivity index is 2.11. The Morgan fingerprint density at radius 3 is 2.47 bits per heavy atom. The first-order valence-electron chi connectivity index (χ1n) is 5.71. The van der Waals surface area contributed by atoms with Gasteiger partial charge in [-0.05, 0) is 43.7 Å². The molecule has 1 heterocycles. The third-order valence-electron chi connectivity index (χ3n) is 2.69. The van der Waals surface area contributed by atoms with Crippen molar-refractivity contribution in [2.45, 2.75) is 19.9 Å². The number of aromatic nitrogens is 1. The smallest absolute Gasteiger partial charge is 0.126 e. The van der Waals surface area contributed by atoms with E-state index in [2.05, 4.69) is 17.2 Å². The molecule has 0 fully saturated rings. The molecule has 3 heteroatoms. The number of rotatable bonds is 3. The monoisotopic (exact) mass is 227 g/mol. The first kappa shape index (κ1) is 11.5. The highest BCUT2D eigenvalue weighted by atomic mass is 15.0. The van der Waals surface area contributed by atoms with Crippen LogP contribution in [0.15, 0.2) is 42.5 Å². The summed E-state index contributed by atoms with van der Waals surface area (Å²) in [7, 11) is 0. The van der Waals surface area contributed by atoms with Gasteiger partial charge in [0.2, 0.25) is 0 Å². The summed E-state index contributed by atoms with van der Waals surface area (Å²) in [4.78, 5) is 4.42. The van der Waals surface area contributed by atoms with Crippen molar-refractivity contribution in [3.63, 3.8) is 0 Å². The summed E-state index contributed by atoms with van der Waals surface area (Å²) in [5.41, 5.74) is 8.66. The molecule has 1 atom stereocenters. The van der Waals surface area contributed by atoms with Crippen LogP contribution in [-0.4, -0.2) is 4.98 Å². The van der Waals surface area contributed by atoms with Crippen LogP contribution in [0.5, 0.6) is 0 Å². The summed E-state index contributed by atoms with van der Waals surface area (Å²) >= 11 is 0. The van der Waals surface area contributed by atoms with Gasteiger partial charge in [-0.3, -0.25) is 0 Å². The highest BCUT2D eigenvalue weighted by Gasteiger charge is 2.05. The number of hydrogen-bond acceptors (Lipinski definition) is 3. The Kier molecular flexibility index (Phi) is 3.28. The molecular formula is C14H17N3. The quantitative estimate of drug-likeness (QED) is 0.792. The zero-order chi connectivity index (χ0) is 12.3. The number of hydrogen-bond donors (Lipinski definition) is 2. The highest BCUT2D eigenvalue weighted by molar-refractivity contribution is 5.43. The number of nitrogen functional groups attached to an aromatic ring is 1. The summed E-state index contributed by atoms with van der Waals surface area (Å²) in [5, 5.41) is 3.37. The van der Waals surface area contributed by atoms with Gasteiger partial charge in [-0.1, -0.05) is 18.2 Å². The van der Waals surface area contributed by atoms with Gasteiger partial charge < -0.3 is 11.1 Å². The van der Waals surface area contributed by atoms with E-state index in [0.29, 0.717) is 0 Å². The molecular weight excluding hydrogens is 210 g/mol. The molecule has 0 saturated heterocycles. The van der Waals surface area contributed by atoms with Crippen molar-refractivity contribution in [1.82, 2.24) is 4.98 Å². The highest BCUT2D eigenvalue weighted by Crippen LogP contribution is 2.18. The van der Waals surface area contributed by atoms with Gasteiger partial charge in [-0.25, -0.2) is 4.98 Å². The van der Waals surface area contributed by atoms with E-state index in [0.717, 1.165) is 17.2 Å². The molecule has 2 rings (SSSR count). The maximum atomic E-state index is 5.67. The van der Waals surface area contributed by atoms with Crippen molar-refractivity contribution in [3.8, 4) is 0 Å². The predicted molar refractivity (Wildman–Crippen MR) is 71.9 cm³/mol. The maximum absolute atomic E-state index is 5.67. The van der Waals surface area contributed by atoms with Crippen LogP contribution in [0.1, 0.15) is 24.2 Å². The normalized spacial score (nSPS) is 12.1. The minimum Gasteiger partial charge on any atom is -0.399 e. The third kappa shape index (κ3) is 2.97. The van der Waals surface area contributed by atoms with Crippen molar-refractivity contribution in [2.24, 2.45) is 0 Å². The van der Waals surface area contributed by atoms with E-state index in [1.54, 1.807) is 0 Å². The lowest BCUT2D eigenvalue weighted by Gasteiger charge is -2.15. The third-order valence-corrected chi connectivity index (χ3v) is 2.69. The number of nitrogens with zero attached hydrogens (tertiary/aromatic N) is 1. The Labute approximate surface area is 102 Å². The van der Waals surface area contributed by atoms with Gasteiger partial charge in [0, 0.05) is 17.4 Å². The molecule has 0 aliphatic rings.